The quantitative estimate of drug-likeness (QED) is 0.762. The Labute approximate surface area is 116 Å². The van der Waals surface area contributed by atoms with Gasteiger partial charge in [0.25, 0.3) is 0 Å². The number of aromatic amines is 1. The fourth-order valence-electron chi connectivity index (χ4n) is 1.76. The maximum Gasteiger partial charge on any atom is 0.138 e. The Hall–Kier alpha value is -0.360. The monoisotopic (exact) mass is 388 g/mol. The Morgan fingerprint density at radius 3 is 2.88 bits per heavy atom. The molecule has 1 N–H and O–H groups in total. The number of hydrogen-bond acceptors (Lipinski definition) is 1. The maximum atomic E-state index is 4.46. The molecule has 4 heteroatoms. The van der Waals surface area contributed by atoms with Crippen LogP contribution in [-0.2, 0) is 0 Å². The summed E-state index contributed by atoms with van der Waals surface area (Å²) in [5.74, 6) is 1.72. The van der Waals surface area contributed by atoms with Gasteiger partial charge in [-0.3, -0.25) is 0 Å². The van der Waals surface area contributed by atoms with Gasteiger partial charge >= 0.3 is 0 Å². The van der Waals surface area contributed by atoms with Gasteiger partial charge in [-0.25, -0.2) is 4.98 Å². The smallest absolute Gasteiger partial charge is 0.138 e. The van der Waals surface area contributed by atoms with Crippen LogP contribution in [0.5, 0.6) is 0 Å². The zero-order chi connectivity index (χ0) is 11.1. The Balaban J connectivity index is 2.00. The zero-order valence-electron chi connectivity index (χ0n) is 8.50. The molecule has 1 aliphatic rings. The second kappa shape index (κ2) is 4.14. The van der Waals surface area contributed by atoms with E-state index in [1.165, 1.54) is 27.7 Å². The summed E-state index contributed by atoms with van der Waals surface area (Å²) in [6, 6.07) is 6.26. The van der Waals surface area contributed by atoms with Crippen LogP contribution in [0.3, 0.4) is 0 Å². The standard InChI is InChI=1S/C12H10BrIN2/c13-8-3-4-9(10(14)5-8)12-15-6-11(16-12)7-1-2-7/h3-7H,1-2H2,(H,15,16). The average molecular weight is 389 g/mol. The second-order valence-corrected chi connectivity index (χ2v) is 6.16. The number of imidazole rings is 1. The van der Waals surface area contributed by atoms with Crippen molar-refractivity contribution in [3.05, 3.63) is 38.1 Å². The molecule has 0 spiro atoms. The van der Waals surface area contributed by atoms with Crippen molar-refractivity contribution in [3.63, 3.8) is 0 Å². The van der Waals surface area contributed by atoms with Gasteiger partial charge in [0, 0.05) is 31.4 Å². The Morgan fingerprint density at radius 2 is 2.19 bits per heavy atom. The van der Waals surface area contributed by atoms with Gasteiger partial charge in [0.2, 0.25) is 0 Å². The molecule has 1 fully saturated rings. The molecule has 2 nitrogen and oxygen atoms in total. The summed E-state index contributed by atoms with van der Waals surface area (Å²) < 4.78 is 2.32. The molecule has 0 saturated heterocycles. The number of nitrogens with zero attached hydrogens (tertiary/aromatic N) is 1. The van der Waals surface area contributed by atoms with E-state index in [2.05, 4.69) is 66.7 Å². The molecule has 16 heavy (non-hydrogen) atoms. The lowest BCUT2D eigenvalue weighted by Gasteiger charge is -2.01. The van der Waals surface area contributed by atoms with Gasteiger partial charge in [-0.2, -0.15) is 0 Å². The molecule has 0 amide bonds. The topological polar surface area (TPSA) is 28.7 Å². The van der Waals surface area contributed by atoms with Gasteiger partial charge in [0.1, 0.15) is 5.82 Å². The molecule has 0 radical (unpaired) electrons. The van der Waals surface area contributed by atoms with E-state index in [1.54, 1.807) is 0 Å². The second-order valence-electron chi connectivity index (χ2n) is 4.09. The lowest BCUT2D eigenvalue weighted by Crippen LogP contribution is -1.86. The van der Waals surface area contributed by atoms with E-state index >= 15 is 0 Å². The number of nitrogens with one attached hydrogen (secondary N) is 1. The molecule has 1 aromatic carbocycles. The number of benzene rings is 1. The minimum absolute atomic E-state index is 0.731. The zero-order valence-corrected chi connectivity index (χ0v) is 12.2. The molecule has 82 valence electrons. The molecule has 1 aliphatic carbocycles. The molecule has 1 heterocycles. The third-order valence-electron chi connectivity index (χ3n) is 2.80. The van der Waals surface area contributed by atoms with E-state index in [9.17, 15) is 0 Å². The maximum absolute atomic E-state index is 4.46. The Bertz CT molecular complexity index is 532. The Morgan fingerprint density at radius 1 is 1.38 bits per heavy atom. The minimum Gasteiger partial charge on any atom is -0.342 e. The number of halogens is 2. The Kier molecular flexibility index (Phi) is 2.79. The first kappa shape index (κ1) is 10.8. The van der Waals surface area contributed by atoms with E-state index < -0.39 is 0 Å². The van der Waals surface area contributed by atoms with Crippen molar-refractivity contribution in [2.75, 3.05) is 0 Å². The van der Waals surface area contributed by atoms with Crippen LogP contribution in [0.1, 0.15) is 24.5 Å². The van der Waals surface area contributed by atoms with Gasteiger partial charge in [0.15, 0.2) is 0 Å². The summed E-state index contributed by atoms with van der Waals surface area (Å²) in [6.45, 7) is 0. The summed E-state index contributed by atoms with van der Waals surface area (Å²) in [4.78, 5) is 7.88. The van der Waals surface area contributed by atoms with Crippen LogP contribution in [0.4, 0.5) is 0 Å². The van der Waals surface area contributed by atoms with Crippen molar-refractivity contribution in [1.29, 1.82) is 0 Å². The van der Waals surface area contributed by atoms with Crippen molar-refractivity contribution in [1.82, 2.24) is 9.97 Å². The van der Waals surface area contributed by atoms with Crippen LogP contribution in [0.15, 0.2) is 28.9 Å². The molecule has 0 aliphatic heterocycles. The van der Waals surface area contributed by atoms with E-state index in [0.29, 0.717) is 0 Å². The van der Waals surface area contributed by atoms with Crippen LogP contribution in [0.2, 0.25) is 0 Å². The largest absolute Gasteiger partial charge is 0.342 e. The summed E-state index contributed by atoms with van der Waals surface area (Å²) in [7, 11) is 0. The first-order valence-corrected chi connectivity index (χ1v) is 7.11. The van der Waals surface area contributed by atoms with Gasteiger partial charge in [0.05, 0.1) is 0 Å². The summed E-state index contributed by atoms with van der Waals surface area (Å²) >= 11 is 5.81. The summed E-state index contributed by atoms with van der Waals surface area (Å²) in [6.07, 6.45) is 4.59. The summed E-state index contributed by atoms with van der Waals surface area (Å²) in [5, 5.41) is 0. The third-order valence-corrected chi connectivity index (χ3v) is 4.18. The lowest BCUT2D eigenvalue weighted by atomic mass is 10.2. The van der Waals surface area contributed by atoms with E-state index in [-0.39, 0.29) is 0 Å². The van der Waals surface area contributed by atoms with Crippen LogP contribution < -0.4 is 0 Å². The molecule has 1 aromatic heterocycles. The molecule has 0 atom stereocenters. The fourth-order valence-corrected chi connectivity index (χ4v) is 3.32. The molecular weight excluding hydrogens is 379 g/mol. The first-order chi connectivity index (χ1) is 7.74. The first-order valence-electron chi connectivity index (χ1n) is 5.24. The van der Waals surface area contributed by atoms with Crippen LogP contribution in [0, 0.1) is 3.57 Å². The SMILES string of the molecule is Brc1ccc(-c2ncc(C3CC3)[nH]2)c(I)c1. The molecule has 3 rings (SSSR count). The number of hydrogen-bond donors (Lipinski definition) is 1. The van der Waals surface area contributed by atoms with E-state index in [0.717, 1.165) is 16.2 Å². The minimum atomic E-state index is 0.731. The number of H-pyrrole nitrogens is 1. The molecule has 0 bridgehead atoms. The predicted octanol–water partition coefficient (Wildman–Crippen LogP) is 4.32. The predicted molar refractivity (Wildman–Crippen MR) is 76.4 cm³/mol. The van der Waals surface area contributed by atoms with Crippen molar-refractivity contribution in [2.45, 2.75) is 18.8 Å². The highest BCUT2D eigenvalue weighted by Gasteiger charge is 2.25. The highest BCUT2D eigenvalue weighted by atomic mass is 127. The van der Waals surface area contributed by atoms with E-state index in [1.807, 2.05) is 6.20 Å². The van der Waals surface area contributed by atoms with Crippen molar-refractivity contribution >= 4 is 38.5 Å². The highest BCUT2D eigenvalue weighted by Crippen LogP contribution is 2.39. The van der Waals surface area contributed by atoms with E-state index in [4.69, 9.17) is 0 Å². The average Bonchev–Trinajstić information content (AvgIpc) is 2.98. The normalized spacial score (nSPS) is 15.4. The van der Waals surface area contributed by atoms with Crippen LogP contribution in [0.25, 0.3) is 11.4 Å². The molecule has 2 aromatic rings. The molecule has 1 saturated carbocycles. The van der Waals surface area contributed by atoms with Crippen molar-refractivity contribution < 1.29 is 0 Å². The van der Waals surface area contributed by atoms with Gasteiger partial charge < -0.3 is 4.98 Å². The van der Waals surface area contributed by atoms with Crippen LogP contribution >= 0.6 is 38.5 Å². The molecule has 0 unspecified atom stereocenters. The molecular formula is C12H10BrIN2. The third kappa shape index (κ3) is 2.05. The number of rotatable bonds is 2. The van der Waals surface area contributed by atoms with Crippen LogP contribution in [-0.4, -0.2) is 9.97 Å². The van der Waals surface area contributed by atoms with Gasteiger partial charge in [-0.1, -0.05) is 15.9 Å². The highest BCUT2D eigenvalue weighted by molar-refractivity contribution is 14.1. The van der Waals surface area contributed by atoms with Crippen molar-refractivity contribution in [3.8, 4) is 11.4 Å². The van der Waals surface area contributed by atoms with Gasteiger partial charge in [-0.15, -0.1) is 0 Å². The lowest BCUT2D eigenvalue weighted by molar-refractivity contribution is 1.05. The van der Waals surface area contributed by atoms with Gasteiger partial charge in [-0.05, 0) is 53.6 Å². The summed E-state index contributed by atoms with van der Waals surface area (Å²) in [5.41, 5.74) is 2.46. The fraction of sp³-hybridized carbons (Fsp3) is 0.250. The number of aromatic nitrogens is 2. The van der Waals surface area contributed by atoms with Crippen molar-refractivity contribution in [2.24, 2.45) is 0 Å².